The molecule has 0 aliphatic heterocycles. The lowest BCUT2D eigenvalue weighted by molar-refractivity contribution is -0.158. The SMILES string of the molecule is CC(=O)C[C@H](NCc1cc(C)cc(C(=O)OCC[Si](C)(C)C)c1)C(=O)OC(C)(C)C. The molecule has 0 aliphatic carbocycles. The van der Waals surface area contributed by atoms with Gasteiger partial charge in [-0.15, -0.1) is 0 Å². The Morgan fingerprint density at radius 3 is 2.27 bits per heavy atom. The summed E-state index contributed by atoms with van der Waals surface area (Å²) in [5.74, 6) is -0.906. The maximum absolute atomic E-state index is 12.4. The maximum atomic E-state index is 12.4. The average Bonchev–Trinajstić information content (AvgIpc) is 2.55. The summed E-state index contributed by atoms with van der Waals surface area (Å²) in [6.45, 7) is 16.2. The first-order chi connectivity index (χ1) is 13.7. The van der Waals surface area contributed by atoms with E-state index in [0.717, 1.165) is 17.2 Å². The minimum atomic E-state index is -1.27. The van der Waals surface area contributed by atoms with Gasteiger partial charge in [-0.3, -0.25) is 14.9 Å². The highest BCUT2D eigenvalue weighted by atomic mass is 28.3. The van der Waals surface area contributed by atoms with E-state index in [9.17, 15) is 14.4 Å². The fourth-order valence-electron chi connectivity index (χ4n) is 2.76. The number of hydrogen-bond donors (Lipinski definition) is 1. The number of esters is 2. The molecule has 0 amide bonds. The quantitative estimate of drug-likeness (QED) is 0.437. The van der Waals surface area contributed by atoms with Crippen molar-refractivity contribution in [2.24, 2.45) is 0 Å². The monoisotopic (exact) mass is 435 g/mol. The van der Waals surface area contributed by atoms with E-state index in [2.05, 4.69) is 25.0 Å². The molecular weight excluding hydrogens is 398 g/mol. The molecule has 30 heavy (non-hydrogen) atoms. The summed E-state index contributed by atoms with van der Waals surface area (Å²) in [5.41, 5.74) is 1.61. The second-order valence-corrected chi connectivity index (χ2v) is 15.6. The molecule has 6 nitrogen and oxygen atoms in total. The van der Waals surface area contributed by atoms with Crippen molar-refractivity contribution >= 4 is 25.8 Å². The minimum absolute atomic E-state index is 0.0479. The first-order valence-electron chi connectivity index (χ1n) is 10.4. The summed E-state index contributed by atoms with van der Waals surface area (Å²) >= 11 is 0. The van der Waals surface area contributed by atoms with Gasteiger partial charge in [0.25, 0.3) is 0 Å². The van der Waals surface area contributed by atoms with Gasteiger partial charge in [-0.25, -0.2) is 4.79 Å². The summed E-state index contributed by atoms with van der Waals surface area (Å²) in [6, 6.07) is 5.67. The third-order valence-corrected chi connectivity index (χ3v) is 5.90. The van der Waals surface area contributed by atoms with Crippen LogP contribution in [0.1, 0.15) is 55.6 Å². The van der Waals surface area contributed by atoms with Crippen molar-refractivity contribution in [1.29, 1.82) is 0 Å². The summed E-state index contributed by atoms with van der Waals surface area (Å²) in [6.07, 6.45) is 0.0479. The fraction of sp³-hybridized carbons (Fsp3) is 0.609. The van der Waals surface area contributed by atoms with Crippen molar-refractivity contribution in [2.75, 3.05) is 6.61 Å². The van der Waals surface area contributed by atoms with Crippen LogP contribution in [0.25, 0.3) is 0 Å². The first kappa shape index (κ1) is 26.0. The van der Waals surface area contributed by atoms with Gasteiger partial charge in [0.1, 0.15) is 17.4 Å². The first-order valence-corrected chi connectivity index (χ1v) is 14.1. The van der Waals surface area contributed by atoms with E-state index in [1.165, 1.54) is 6.92 Å². The number of aryl methyl sites for hydroxylation is 1. The Labute approximate surface area is 181 Å². The zero-order valence-corrected chi connectivity index (χ0v) is 20.7. The topological polar surface area (TPSA) is 81.7 Å². The highest BCUT2D eigenvalue weighted by molar-refractivity contribution is 6.76. The van der Waals surface area contributed by atoms with E-state index in [4.69, 9.17) is 9.47 Å². The molecule has 0 aliphatic rings. The van der Waals surface area contributed by atoms with Crippen LogP contribution in [0, 0.1) is 6.92 Å². The van der Waals surface area contributed by atoms with Gasteiger partial charge in [-0.05, 0) is 63.9 Å². The van der Waals surface area contributed by atoms with E-state index in [-0.39, 0.29) is 18.2 Å². The molecule has 0 bridgehead atoms. The van der Waals surface area contributed by atoms with Crippen LogP contribution in [0.5, 0.6) is 0 Å². The average molecular weight is 436 g/mol. The van der Waals surface area contributed by atoms with Crippen molar-refractivity contribution in [2.45, 2.75) is 84.9 Å². The molecule has 0 saturated carbocycles. The van der Waals surface area contributed by atoms with Crippen LogP contribution in [0.4, 0.5) is 0 Å². The third kappa shape index (κ3) is 10.7. The van der Waals surface area contributed by atoms with E-state index in [1.807, 2.05) is 13.0 Å². The predicted octanol–water partition coefficient (Wildman–Crippen LogP) is 4.27. The molecule has 0 radical (unpaired) electrons. The lowest BCUT2D eigenvalue weighted by atomic mass is 10.1. The van der Waals surface area contributed by atoms with Crippen molar-refractivity contribution in [3.05, 3.63) is 34.9 Å². The van der Waals surface area contributed by atoms with E-state index >= 15 is 0 Å². The van der Waals surface area contributed by atoms with E-state index in [1.54, 1.807) is 32.9 Å². The van der Waals surface area contributed by atoms with Crippen LogP contribution in [0.15, 0.2) is 18.2 Å². The van der Waals surface area contributed by atoms with Crippen molar-refractivity contribution < 1.29 is 23.9 Å². The predicted molar refractivity (Wildman–Crippen MR) is 121 cm³/mol. The molecule has 0 spiro atoms. The van der Waals surface area contributed by atoms with Gasteiger partial charge in [0.2, 0.25) is 0 Å². The Bertz CT molecular complexity index is 762. The third-order valence-electron chi connectivity index (χ3n) is 4.19. The summed E-state index contributed by atoms with van der Waals surface area (Å²) in [7, 11) is -1.27. The van der Waals surface area contributed by atoms with Gasteiger partial charge in [0.05, 0.1) is 12.2 Å². The second-order valence-electron chi connectivity index (χ2n) is 10.0. The zero-order valence-electron chi connectivity index (χ0n) is 19.7. The standard InChI is InChI=1S/C23H37NO5Si/c1-16-11-18(14-19(12-16)21(26)28-9-10-30(6,7)8)15-24-20(13-17(2)25)22(27)29-23(3,4)5/h11-12,14,20,24H,9-10,13,15H2,1-8H3/t20-/m0/s1. The molecule has 1 rings (SSSR count). The highest BCUT2D eigenvalue weighted by Gasteiger charge is 2.26. The number of Topliss-reactive ketones (excluding diaryl/α,β-unsaturated/α-hetero) is 1. The van der Waals surface area contributed by atoms with Gasteiger partial charge in [0.15, 0.2) is 0 Å². The lowest BCUT2D eigenvalue weighted by Crippen LogP contribution is -2.42. The molecule has 0 saturated heterocycles. The Morgan fingerprint density at radius 1 is 1.10 bits per heavy atom. The minimum Gasteiger partial charge on any atom is -0.462 e. The molecule has 0 heterocycles. The molecule has 168 valence electrons. The van der Waals surface area contributed by atoms with E-state index in [0.29, 0.717) is 18.7 Å². The molecule has 0 aromatic heterocycles. The van der Waals surface area contributed by atoms with Gasteiger partial charge >= 0.3 is 11.9 Å². The lowest BCUT2D eigenvalue weighted by Gasteiger charge is -2.24. The Balaban J connectivity index is 2.84. The van der Waals surface area contributed by atoms with Crippen molar-refractivity contribution in [3.8, 4) is 0 Å². The zero-order chi connectivity index (χ0) is 23.1. The number of ketones is 1. The molecule has 1 aromatic carbocycles. The van der Waals surface area contributed by atoms with Gasteiger partial charge in [-0.1, -0.05) is 25.7 Å². The number of ether oxygens (including phenoxy) is 2. The fourth-order valence-corrected chi connectivity index (χ4v) is 3.47. The molecule has 0 fully saturated rings. The maximum Gasteiger partial charge on any atom is 0.338 e. The number of hydrogen-bond acceptors (Lipinski definition) is 6. The molecule has 7 heteroatoms. The van der Waals surface area contributed by atoms with Gasteiger partial charge < -0.3 is 9.47 Å². The molecular formula is C23H37NO5Si. The van der Waals surface area contributed by atoms with Crippen LogP contribution in [0.2, 0.25) is 25.7 Å². The van der Waals surface area contributed by atoms with Gasteiger partial charge in [0, 0.05) is 21.0 Å². The number of nitrogens with one attached hydrogen (secondary N) is 1. The number of benzene rings is 1. The second kappa shape index (κ2) is 10.9. The van der Waals surface area contributed by atoms with Crippen molar-refractivity contribution in [1.82, 2.24) is 5.32 Å². The smallest absolute Gasteiger partial charge is 0.338 e. The van der Waals surface area contributed by atoms with E-state index < -0.39 is 25.7 Å². The van der Waals surface area contributed by atoms with Gasteiger partial charge in [-0.2, -0.15) is 0 Å². The number of carbonyl (C=O) groups is 3. The number of rotatable bonds is 10. The number of carbonyl (C=O) groups excluding carboxylic acids is 3. The molecule has 1 atom stereocenters. The van der Waals surface area contributed by atoms with Crippen LogP contribution >= 0.6 is 0 Å². The normalized spacial score (nSPS) is 12.9. The Kier molecular flexibility index (Phi) is 9.43. The highest BCUT2D eigenvalue weighted by Crippen LogP contribution is 2.15. The summed E-state index contributed by atoms with van der Waals surface area (Å²) in [4.78, 5) is 36.5. The molecule has 0 unspecified atom stereocenters. The summed E-state index contributed by atoms with van der Waals surface area (Å²) in [5, 5.41) is 3.10. The Morgan fingerprint density at radius 2 is 1.73 bits per heavy atom. The van der Waals surface area contributed by atoms with Crippen LogP contribution in [-0.2, 0) is 25.6 Å². The molecule has 1 N–H and O–H groups in total. The van der Waals surface area contributed by atoms with Crippen LogP contribution in [-0.4, -0.2) is 44.0 Å². The van der Waals surface area contributed by atoms with Crippen LogP contribution in [0.3, 0.4) is 0 Å². The largest absolute Gasteiger partial charge is 0.462 e. The molecule has 1 aromatic rings. The Hall–Kier alpha value is -1.99. The van der Waals surface area contributed by atoms with Crippen LogP contribution < -0.4 is 5.32 Å². The summed E-state index contributed by atoms with van der Waals surface area (Å²) < 4.78 is 10.9. The van der Waals surface area contributed by atoms with Crippen molar-refractivity contribution in [3.63, 3.8) is 0 Å².